The molecule has 1 fully saturated rings. The lowest BCUT2D eigenvalue weighted by atomic mass is 9.94. The maximum atomic E-state index is 11.4. The van der Waals surface area contributed by atoms with Crippen LogP contribution in [0.25, 0.3) is 0 Å². The van der Waals surface area contributed by atoms with Crippen LogP contribution in [0.2, 0.25) is 0 Å². The molecule has 2 aliphatic rings. The molecule has 1 saturated heterocycles. The van der Waals surface area contributed by atoms with Crippen LogP contribution in [-0.4, -0.2) is 72.9 Å². The van der Waals surface area contributed by atoms with Gasteiger partial charge < -0.3 is 29.2 Å². The Kier molecular flexibility index (Phi) is 9.31. The molecule has 2 heterocycles. The van der Waals surface area contributed by atoms with Gasteiger partial charge in [-0.1, -0.05) is 12.5 Å². The van der Waals surface area contributed by atoms with Crippen LogP contribution in [0.3, 0.4) is 0 Å². The number of hydrogen-bond acceptors (Lipinski definition) is 8. The minimum atomic E-state index is -0.837. The summed E-state index contributed by atoms with van der Waals surface area (Å²) in [6, 6.07) is 13.4. The van der Waals surface area contributed by atoms with E-state index in [2.05, 4.69) is 24.1 Å². The highest BCUT2D eigenvalue weighted by atomic mass is 16.6. The van der Waals surface area contributed by atoms with E-state index >= 15 is 0 Å². The maximum Gasteiger partial charge on any atom is 0.161 e. The highest BCUT2D eigenvalue weighted by molar-refractivity contribution is 5.44. The van der Waals surface area contributed by atoms with Gasteiger partial charge in [0.1, 0.15) is 30.9 Å². The summed E-state index contributed by atoms with van der Waals surface area (Å²) in [5.41, 5.74) is 0.732. The number of rotatable bonds is 11. The van der Waals surface area contributed by atoms with Gasteiger partial charge in [-0.3, -0.25) is 10.2 Å². The molecule has 0 aromatic heterocycles. The van der Waals surface area contributed by atoms with Crippen LogP contribution in [-0.2, 0) is 0 Å². The number of likely N-dealkylation sites (tertiary alicyclic amines) is 1. The predicted molar refractivity (Wildman–Crippen MR) is 138 cm³/mol. The first-order valence-corrected chi connectivity index (χ1v) is 13.0. The average molecular weight is 501 g/mol. The summed E-state index contributed by atoms with van der Waals surface area (Å²) >= 11 is 0. The summed E-state index contributed by atoms with van der Waals surface area (Å²) in [5.74, 6) is 2.81. The monoisotopic (exact) mass is 500 g/mol. The van der Waals surface area contributed by atoms with Crippen LogP contribution < -0.4 is 24.3 Å². The lowest BCUT2D eigenvalue weighted by molar-refractivity contribution is 0.0152. The SMILES string of the molecule is COc1ccc(OCC[C@H](O)N[C@H](CN2C(C)CCCC2C)[C@H](O)c2ccc3c(c2)OCCO3)cc1. The molecule has 0 aliphatic carbocycles. The highest BCUT2D eigenvalue weighted by Crippen LogP contribution is 2.34. The van der Waals surface area contributed by atoms with Crippen molar-refractivity contribution in [2.75, 3.05) is 33.5 Å². The minimum absolute atomic E-state index is 0.337. The molecule has 3 N–H and O–H groups in total. The first-order chi connectivity index (χ1) is 17.4. The molecular weight excluding hydrogens is 460 g/mol. The van der Waals surface area contributed by atoms with Crippen LogP contribution in [0.4, 0.5) is 0 Å². The van der Waals surface area contributed by atoms with Gasteiger partial charge in [-0.05, 0) is 68.7 Å². The number of nitrogens with zero attached hydrogens (tertiary/aromatic N) is 1. The number of benzene rings is 2. The average Bonchev–Trinajstić information content (AvgIpc) is 2.90. The van der Waals surface area contributed by atoms with Crippen molar-refractivity contribution in [3.8, 4) is 23.0 Å². The first-order valence-electron chi connectivity index (χ1n) is 13.0. The smallest absolute Gasteiger partial charge is 0.161 e. The first kappa shape index (κ1) is 26.5. The Labute approximate surface area is 214 Å². The van der Waals surface area contributed by atoms with E-state index in [4.69, 9.17) is 18.9 Å². The van der Waals surface area contributed by atoms with E-state index in [1.807, 2.05) is 42.5 Å². The van der Waals surface area contributed by atoms with Gasteiger partial charge in [0.2, 0.25) is 0 Å². The molecule has 0 spiro atoms. The van der Waals surface area contributed by atoms with Gasteiger partial charge in [-0.2, -0.15) is 0 Å². The Balaban J connectivity index is 1.42. The number of methoxy groups -OCH3 is 1. The Morgan fingerprint density at radius 2 is 1.64 bits per heavy atom. The molecule has 0 bridgehead atoms. The third-order valence-corrected chi connectivity index (χ3v) is 7.20. The summed E-state index contributed by atoms with van der Waals surface area (Å²) in [4.78, 5) is 2.43. The number of aliphatic hydroxyl groups excluding tert-OH is 2. The van der Waals surface area contributed by atoms with Crippen LogP contribution in [0.15, 0.2) is 42.5 Å². The van der Waals surface area contributed by atoms with Crippen molar-refractivity contribution in [1.29, 1.82) is 0 Å². The van der Waals surface area contributed by atoms with Crippen molar-refractivity contribution in [3.05, 3.63) is 48.0 Å². The van der Waals surface area contributed by atoms with Gasteiger partial charge >= 0.3 is 0 Å². The van der Waals surface area contributed by atoms with Gasteiger partial charge in [-0.25, -0.2) is 0 Å². The van der Waals surface area contributed by atoms with E-state index in [1.165, 1.54) is 6.42 Å². The van der Waals surface area contributed by atoms with E-state index < -0.39 is 12.3 Å². The van der Waals surface area contributed by atoms with Crippen LogP contribution in [0, 0.1) is 0 Å². The fraction of sp³-hybridized carbons (Fsp3) is 0.571. The standard InChI is InChI=1S/C28H40N2O6/c1-19-5-4-6-20(2)30(19)18-24(28(32)21-7-12-25-26(17-21)36-16-15-35-25)29-27(31)13-14-34-23-10-8-22(33-3)9-11-23/h7-12,17,19-20,24,27-29,31-32H,4-6,13-16,18H2,1-3H3/t19?,20?,24-,27+,28-/m1/s1. The lowest BCUT2D eigenvalue weighted by Crippen LogP contribution is -2.54. The molecule has 36 heavy (non-hydrogen) atoms. The molecule has 8 heteroatoms. The zero-order valence-electron chi connectivity index (χ0n) is 21.6. The summed E-state index contributed by atoms with van der Waals surface area (Å²) in [5, 5.41) is 25.6. The van der Waals surface area contributed by atoms with Gasteiger partial charge in [0.15, 0.2) is 11.5 Å². The number of hydrogen-bond donors (Lipinski definition) is 3. The van der Waals surface area contributed by atoms with Crippen molar-refractivity contribution < 1.29 is 29.2 Å². The van der Waals surface area contributed by atoms with Gasteiger partial charge in [0.25, 0.3) is 0 Å². The molecule has 5 atom stereocenters. The van der Waals surface area contributed by atoms with Crippen molar-refractivity contribution in [2.45, 2.75) is 70.0 Å². The molecule has 2 aromatic carbocycles. The predicted octanol–water partition coefficient (Wildman–Crippen LogP) is 3.51. The molecule has 0 amide bonds. The molecule has 2 aliphatic heterocycles. The fourth-order valence-electron chi connectivity index (χ4n) is 5.07. The number of ether oxygens (including phenoxy) is 4. The van der Waals surface area contributed by atoms with Gasteiger partial charge in [0, 0.05) is 25.0 Å². The van der Waals surface area contributed by atoms with E-state index in [1.54, 1.807) is 7.11 Å². The van der Waals surface area contributed by atoms with Crippen LogP contribution >= 0.6 is 0 Å². The number of fused-ring (bicyclic) bond motifs is 1. The summed E-state index contributed by atoms with van der Waals surface area (Å²) in [6.07, 6.45) is 2.19. The third kappa shape index (κ3) is 6.82. The van der Waals surface area contributed by atoms with Crippen molar-refractivity contribution in [2.24, 2.45) is 0 Å². The quantitative estimate of drug-likeness (QED) is 0.404. The number of aliphatic hydroxyl groups is 2. The van der Waals surface area contributed by atoms with Crippen LogP contribution in [0.1, 0.15) is 51.2 Å². The fourth-order valence-corrected chi connectivity index (χ4v) is 5.07. The van der Waals surface area contributed by atoms with Crippen molar-refractivity contribution in [1.82, 2.24) is 10.2 Å². The van der Waals surface area contributed by atoms with Crippen molar-refractivity contribution in [3.63, 3.8) is 0 Å². The Bertz CT molecular complexity index is 946. The Morgan fingerprint density at radius 3 is 2.33 bits per heavy atom. The molecule has 0 saturated carbocycles. The summed E-state index contributed by atoms with van der Waals surface area (Å²) in [7, 11) is 1.62. The van der Waals surface area contributed by atoms with E-state index in [9.17, 15) is 10.2 Å². The van der Waals surface area contributed by atoms with Gasteiger partial charge in [-0.15, -0.1) is 0 Å². The maximum absolute atomic E-state index is 11.4. The second-order valence-electron chi connectivity index (χ2n) is 9.78. The largest absolute Gasteiger partial charge is 0.497 e. The molecule has 8 nitrogen and oxygen atoms in total. The normalized spacial score (nSPS) is 22.5. The molecule has 2 unspecified atom stereocenters. The molecule has 198 valence electrons. The molecule has 2 aromatic rings. The number of nitrogens with one attached hydrogen (secondary N) is 1. The topological polar surface area (TPSA) is 92.7 Å². The summed E-state index contributed by atoms with van der Waals surface area (Å²) < 4.78 is 22.3. The molecule has 4 rings (SSSR count). The highest BCUT2D eigenvalue weighted by Gasteiger charge is 2.32. The Morgan fingerprint density at radius 1 is 0.972 bits per heavy atom. The minimum Gasteiger partial charge on any atom is -0.497 e. The second kappa shape index (κ2) is 12.6. The molecular formula is C28H40N2O6. The van der Waals surface area contributed by atoms with Crippen LogP contribution in [0.5, 0.6) is 23.0 Å². The number of piperidine rings is 1. The second-order valence-corrected chi connectivity index (χ2v) is 9.78. The molecule has 0 radical (unpaired) electrons. The third-order valence-electron chi connectivity index (χ3n) is 7.20. The Hall–Kier alpha value is -2.52. The zero-order chi connectivity index (χ0) is 25.5. The van der Waals surface area contributed by atoms with E-state index in [0.717, 1.165) is 24.2 Å². The van der Waals surface area contributed by atoms with Gasteiger partial charge in [0.05, 0.1) is 25.9 Å². The zero-order valence-corrected chi connectivity index (χ0v) is 21.6. The lowest BCUT2D eigenvalue weighted by Gasteiger charge is -2.42. The van der Waals surface area contributed by atoms with E-state index in [0.29, 0.717) is 62.1 Å². The van der Waals surface area contributed by atoms with E-state index in [-0.39, 0.29) is 6.04 Å². The summed E-state index contributed by atoms with van der Waals surface area (Å²) in [6.45, 7) is 6.45. The van der Waals surface area contributed by atoms with Crippen molar-refractivity contribution >= 4 is 0 Å².